The second-order valence-corrected chi connectivity index (χ2v) is 8.88. The molecule has 2 N–H and O–H groups in total. The van der Waals surface area contributed by atoms with Gasteiger partial charge in [-0.25, -0.2) is 14.8 Å². The molecular formula is C16H18ClN3O4S2. The van der Waals surface area contributed by atoms with Gasteiger partial charge in [-0.3, -0.25) is 4.79 Å². The maximum absolute atomic E-state index is 11.4. The highest BCUT2D eigenvalue weighted by atomic mass is 35.5. The molecule has 0 aliphatic heterocycles. The van der Waals surface area contributed by atoms with Crippen molar-refractivity contribution < 1.29 is 19.4 Å². The second-order valence-electron chi connectivity index (χ2n) is 5.75. The third kappa shape index (κ3) is 5.33. The molecule has 140 valence electrons. The number of halogens is 1. The fourth-order valence-corrected chi connectivity index (χ4v) is 4.28. The number of hydrogen-bond acceptors (Lipinski definition) is 8. The predicted octanol–water partition coefficient (Wildman–Crippen LogP) is 3.59. The summed E-state index contributed by atoms with van der Waals surface area (Å²) in [6.07, 6.45) is 2.02. The largest absolute Gasteiger partial charge is 0.480 e. The summed E-state index contributed by atoms with van der Waals surface area (Å²) in [6.45, 7) is 3.84. The van der Waals surface area contributed by atoms with Crippen molar-refractivity contribution in [3.8, 4) is 0 Å². The van der Waals surface area contributed by atoms with Crippen LogP contribution in [-0.2, 0) is 16.0 Å². The molecule has 2 aromatic rings. The molecule has 0 aliphatic carbocycles. The summed E-state index contributed by atoms with van der Waals surface area (Å²) in [6, 6.07) is 1.49. The van der Waals surface area contributed by atoms with Gasteiger partial charge in [-0.1, -0.05) is 23.4 Å². The van der Waals surface area contributed by atoms with Crippen LogP contribution in [-0.4, -0.2) is 45.4 Å². The van der Waals surface area contributed by atoms with Gasteiger partial charge in [0.05, 0.1) is 23.4 Å². The van der Waals surface area contributed by atoms with Crippen LogP contribution in [0.2, 0.25) is 5.02 Å². The number of carboxylic acids is 1. The number of aromatic nitrogens is 2. The minimum Gasteiger partial charge on any atom is -0.480 e. The van der Waals surface area contributed by atoms with E-state index in [0.717, 1.165) is 5.69 Å². The average molecular weight is 416 g/mol. The van der Waals surface area contributed by atoms with Gasteiger partial charge < -0.3 is 15.2 Å². The first-order valence-electron chi connectivity index (χ1n) is 7.57. The third-order valence-electron chi connectivity index (χ3n) is 3.32. The lowest BCUT2D eigenvalue weighted by Crippen LogP contribution is -2.26. The van der Waals surface area contributed by atoms with Gasteiger partial charge >= 0.3 is 11.9 Å². The van der Waals surface area contributed by atoms with Gasteiger partial charge in [0.15, 0.2) is 4.34 Å². The number of esters is 1. The third-order valence-corrected chi connectivity index (χ3v) is 5.78. The Morgan fingerprint density at radius 3 is 2.81 bits per heavy atom. The van der Waals surface area contributed by atoms with Crippen molar-refractivity contribution in [2.75, 3.05) is 19.0 Å². The number of ether oxygens (including phenoxy) is 1. The molecule has 0 atom stereocenters. The number of hydrogen-bond donors (Lipinski definition) is 2. The lowest BCUT2D eigenvalue weighted by Gasteiger charge is -2.15. The van der Waals surface area contributed by atoms with Gasteiger partial charge in [0.25, 0.3) is 0 Å². The van der Waals surface area contributed by atoms with Crippen molar-refractivity contribution in [3.05, 3.63) is 33.9 Å². The van der Waals surface area contributed by atoms with E-state index < -0.39 is 16.7 Å². The molecule has 0 radical (unpaired) electrons. The molecule has 2 heterocycles. The van der Waals surface area contributed by atoms with E-state index in [9.17, 15) is 14.7 Å². The highest BCUT2D eigenvalue weighted by Crippen LogP contribution is 2.34. The summed E-state index contributed by atoms with van der Waals surface area (Å²) >= 11 is 8.76. The van der Waals surface area contributed by atoms with Crippen LogP contribution in [0.5, 0.6) is 0 Å². The van der Waals surface area contributed by atoms with Gasteiger partial charge in [0.2, 0.25) is 0 Å². The minimum atomic E-state index is -0.924. The van der Waals surface area contributed by atoms with E-state index >= 15 is 0 Å². The molecule has 2 rings (SSSR count). The van der Waals surface area contributed by atoms with E-state index in [1.165, 1.54) is 42.5 Å². The van der Waals surface area contributed by atoms with Crippen molar-refractivity contribution in [1.29, 1.82) is 0 Å². The summed E-state index contributed by atoms with van der Waals surface area (Å²) in [5.74, 6) is -0.907. The summed E-state index contributed by atoms with van der Waals surface area (Å²) < 4.78 is 4.41. The summed E-state index contributed by atoms with van der Waals surface area (Å²) in [5, 5.41) is 14.5. The molecule has 0 bridgehead atoms. The molecule has 0 saturated heterocycles. The number of thiazole rings is 1. The Morgan fingerprint density at radius 2 is 2.19 bits per heavy atom. The number of nitrogens with one attached hydrogen (secondary N) is 1. The Labute approximate surface area is 164 Å². The topological polar surface area (TPSA) is 101 Å². The Balaban J connectivity index is 1.91. The van der Waals surface area contributed by atoms with Crippen LogP contribution in [0.15, 0.2) is 22.0 Å². The number of rotatable bonds is 8. The molecule has 26 heavy (non-hydrogen) atoms. The van der Waals surface area contributed by atoms with E-state index in [-0.39, 0.29) is 5.56 Å². The quantitative estimate of drug-likeness (QED) is 0.498. The van der Waals surface area contributed by atoms with Crippen LogP contribution < -0.4 is 5.32 Å². The fourth-order valence-electron chi connectivity index (χ4n) is 1.82. The Kier molecular flexibility index (Phi) is 6.85. The van der Waals surface area contributed by atoms with E-state index in [1.54, 1.807) is 13.8 Å². The molecule has 0 fully saturated rings. The number of thioether (sulfide) groups is 1. The number of carbonyl (C=O) groups excluding carboxylic acids is 1. The normalized spacial score (nSPS) is 11.2. The number of methoxy groups -OCH3 is 1. The first-order valence-corrected chi connectivity index (χ1v) is 9.65. The van der Waals surface area contributed by atoms with Crippen LogP contribution in [0.4, 0.5) is 5.82 Å². The second kappa shape index (κ2) is 8.70. The number of aliphatic carboxylic acids is 1. The molecular weight excluding hydrogens is 398 g/mol. The molecule has 10 heteroatoms. The van der Waals surface area contributed by atoms with Crippen LogP contribution >= 0.6 is 34.7 Å². The van der Waals surface area contributed by atoms with Gasteiger partial charge in [-0.05, 0) is 19.9 Å². The number of carboxylic acid groups (broad SMARTS) is 1. The first-order chi connectivity index (χ1) is 12.2. The van der Waals surface area contributed by atoms with Gasteiger partial charge in [-0.2, -0.15) is 0 Å². The highest BCUT2D eigenvalue weighted by Gasteiger charge is 2.29. The van der Waals surface area contributed by atoms with Crippen molar-refractivity contribution in [2.24, 2.45) is 0 Å². The standard InChI is InChI=1S/C16H18ClN3O4S2/c1-16(2,14(22)23)26-15-20-10(8-25-15)4-5-18-12-11(17)6-9(7-19-12)13(21)24-3/h6-8H,4-5H2,1-3H3,(H,18,19)(H,22,23). The van der Waals surface area contributed by atoms with Gasteiger partial charge in [0, 0.05) is 24.5 Å². The summed E-state index contributed by atoms with van der Waals surface area (Å²) in [5.41, 5.74) is 1.14. The maximum Gasteiger partial charge on any atom is 0.339 e. The van der Waals surface area contributed by atoms with E-state index in [1.807, 2.05) is 5.38 Å². The Hall–Kier alpha value is -1.84. The number of pyridine rings is 1. The summed E-state index contributed by atoms with van der Waals surface area (Å²) in [7, 11) is 1.29. The van der Waals surface area contributed by atoms with Crippen LogP contribution in [0.3, 0.4) is 0 Å². The molecule has 0 amide bonds. The highest BCUT2D eigenvalue weighted by molar-refractivity contribution is 8.02. The fraction of sp³-hybridized carbons (Fsp3) is 0.375. The van der Waals surface area contributed by atoms with Crippen LogP contribution in [0, 0.1) is 0 Å². The van der Waals surface area contributed by atoms with E-state index in [0.29, 0.717) is 28.1 Å². The minimum absolute atomic E-state index is 0.283. The monoisotopic (exact) mass is 415 g/mol. The zero-order chi connectivity index (χ0) is 19.3. The number of carbonyl (C=O) groups is 2. The van der Waals surface area contributed by atoms with Crippen molar-refractivity contribution in [3.63, 3.8) is 0 Å². The molecule has 0 saturated carbocycles. The molecule has 0 spiro atoms. The molecule has 0 aromatic carbocycles. The lowest BCUT2D eigenvalue weighted by molar-refractivity contribution is -0.138. The number of nitrogens with zero attached hydrogens (tertiary/aromatic N) is 2. The predicted molar refractivity (Wildman–Crippen MR) is 102 cm³/mol. The van der Waals surface area contributed by atoms with Crippen LogP contribution in [0.25, 0.3) is 0 Å². The SMILES string of the molecule is COC(=O)c1cnc(NCCc2csc(SC(C)(C)C(=O)O)n2)c(Cl)c1. The first kappa shape index (κ1) is 20.5. The lowest BCUT2D eigenvalue weighted by atomic mass is 10.2. The number of anilines is 1. The van der Waals surface area contributed by atoms with E-state index in [4.69, 9.17) is 11.6 Å². The molecule has 0 unspecified atom stereocenters. The van der Waals surface area contributed by atoms with Crippen molar-refractivity contribution in [1.82, 2.24) is 9.97 Å². The molecule has 0 aliphatic rings. The van der Waals surface area contributed by atoms with Gasteiger partial charge in [0.1, 0.15) is 10.6 Å². The van der Waals surface area contributed by atoms with Crippen molar-refractivity contribution in [2.45, 2.75) is 29.4 Å². The zero-order valence-electron chi connectivity index (χ0n) is 14.4. The molecule has 7 nitrogen and oxygen atoms in total. The smallest absolute Gasteiger partial charge is 0.339 e. The maximum atomic E-state index is 11.4. The van der Waals surface area contributed by atoms with Crippen molar-refractivity contribution >= 4 is 52.5 Å². The van der Waals surface area contributed by atoms with Gasteiger partial charge in [-0.15, -0.1) is 11.3 Å². The Bertz CT molecular complexity index is 811. The molecule has 2 aromatic heterocycles. The Morgan fingerprint density at radius 1 is 1.46 bits per heavy atom. The summed E-state index contributed by atoms with van der Waals surface area (Å²) in [4.78, 5) is 31.2. The average Bonchev–Trinajstić information content (AvgIpc) is 3.02. The van der Waals surface area contributed by atoms with E-state index in [2.05, 4.69) is 20.0 Å². The van der Waals surface area contributed by atoms with Crippen LogP contribution in [0.1, 0.15) is 29.9 Å². The zero-order valence-corrected chi connectivity index (χ0v) is 16.8.